The molecule has 0 rings (SSSR count). The Morgan fingerprint density at radius 1 is 0.600 bits per heavy atom. The molecule has 0 bridgehead atoms. The van der Waals surface area contributed by atoms with Crippen molar-refractivity contribution in [2.24, 2.45) is 0 Å². The molecule has 0 aromatic carbocycles. The van der Waals surface area contributed by atoms with Gasteiger partial charge in [-0.25, -0.2) is 0 Å². The van der Waals surface area contributed by atoms with Gasteiger partial charge in [0.25, 0.3) is 0 Å². The van der Waals surface area contributed by atoms with Crippen molar-refractivity contribution in [3.63, 3.8) is 0 Å². The van der Waals surface area contributed by atoms with Gasteiger partial charge in [0.05, 0.1) is 0 Å². The third-order valence-corrected chi connectivity index (χ3v) is 0. The van der Waals surface area contributed by atoms with Crippen molar-refractivity contribution in [3.05, 3.63) is 22.3 Å². The van der Waals surface area contributed by atoms with E-state index in [-0.39, 0.29) is 58.2 Å². The fourth-order valence-electron chi connectivity index (χ4n) is 0. The summed E-state index contributed by atoms with van der Waals surface area (Å²) in [6, 6.07) is 0. The summed E-state index contributed by atoms with van der Waals surface area (Å²) in [7, 11) is 0. The van der Waals surface area contributed by atoms with Crippen molar-refractivity contribution in [1.82, 2.24) is 0 Å². The summed E-state index contributed by atoms with van der Waals surface area (Å²) in [6.45, 7) is 0. The van der Waals surface area contributed by atoms with E-state index in [1.165, 1.54) is 0 Å². The summed E-state index contributed by atoms with van der Waals surface area (Å²) in [5.41, 5.74) is 0. The fraction of sp³-hybridized carbons (Fsp3) is 0. The van der Waals surface area contributed by atoms with Crippen LogP contribution in [-0.2, 0) is 17.1 Å². The first-order chi connectivity index (χ1) is 0. The van der Waals surface area contributed by atoms with Crippen LogP contribution in [0.2, 0.25) is 0 Å². The van der Waals surface area contributed by atoms with Crippen LogP contribution in [0.4, 0.5) is 0 Å². The molecule has 30 valence electrons. The Kier molecular flexibility index (Phi) is 1790. The van der Waals surface area contributed by atoms with Gasteiger partial charge in [-0.05, 0) is 0 Å². The monoisotopic (exact) mass is 108 g/mol. The maximum Gasteiger partial charge on any atom is 2.00 e. The van der Waals surface area contributed by atoms with E-state index >= 15 is 0 Å². The predicted octanol–water partition coefficient (Wildman–Crippen LogP) is -1.65. The Balaban J connectivity index is 0. The van der Waals surface area contributed by atoms with Crippen molar-refractivity contribution in [2.45, 2.75) is 0 Å². The average Bonchev–Trinajstić information content (AvgIpc) is 0. The molecule has 0 radical (unpaired) electrons. The Hall–Kier alpha value is 1.12. The first kappa shape index (κ1) is 128. The zero-order valence-corrected chi connectivity index (χ0v) is 5.46. The second-order valence-electron chi connectivity index (χ2n) is 0. The molecule has 0 aromatic rings. The van der Waals surface area contributed by atoms with E-state index in [0.717, 1.165) is 0 Å². The first-order valence-electron chi connectivity index (χ1n) is 0. The standard InChI is InChI=1S/3CH3.Fe.Li/h3*1H3;;/q3*-1;+2;+1. The van der Waals surface area contributed by atoms with Crippen LogP contribution < -0.4 is 18.9 Å². The molecule has 2 heteroatoms. The van der Waals surface area contributed by atoms with E-state index in [9.17, 15) is 0 Å². The average molecular weight is 108 g/mol. The van der Waals surface area contributed by atoms with Crippen molar-refractivity contribution in [3.8, 4) is 0 Å². The maximum atomic E-state index is 0. The van der Waals surface area contributed by atoms with Crippen LogP contribution in [0.1, 0.15) is 0 Å². The van der Waals surface area contributed by atoms with Crippen LogP contribution in [0, 0.1) is 22.3 Å². The zero-order chi connectivity index (χ0) is 0. The van der Waals surface area contributed by atoms with Gasteiger partial charge in [0, 0.05) is 0 Å². The van der Waals surface area contributed by atoms with Gasteiger partial charge in [-0.3, -0.25) is 0 Å². The summed E-state index contributed by atoms with van der Waals surface area (Å²) < 4.78 is 0. The minimum Gasteiger partial charge on any atom is -0.358 e. The molecule has 0 amide bonds. The first-order valence-corrected chi connectivity index (χ1v) is 0. The minimum absolute atomic E-state index is 0. The molecule has 5 heavy (non-hydrogen) atoms. The van der Waals surface area contributed by atoms with Gasteiger partial charge in [-0.15, -0.1) is 0 Å². The Morgan fingerprint density at radius 3 is 0.600 bits per heavy atom. The van der Waals surface area contributed by atoms with E-state index < -0.39 is 0 Å². The molecule has 0 unspecified atom stereocenters. The molecule has 0 fully saturated rings. The van der Waals surface area contributed by atoms with Gasteiger partial charge >= 0.3 is 35.9 Å². The molecular formula is C3H9FeLi. The topological polar surface area (TPSA) is 0 Å². The third kappa shape index (κ3) is 39.9. The normalized spacial score (nSPS) is 0. The number of hydrogen-bond donors (Lipinski definition) is 0. The van der Waals surface area contributed by atoms with Gasteiger partial charge in [0.2, 0.25) is 0 Å². The van der Waals surface area contributed by atoms with Crippen molar-refractivity contribution in [1.29, 1.82) is 0 Å². The summed E-state index contributed by atoms with van der Waals surface area (Å²) in [5, 5.41) is 0. The molecule has 0 aliphatic rings. The number of hydrogen-bond acceptors (Lipinski definition) is 0. The number of rotatable bonds is 0. The molecule has 0 nitrogen and oxygen atoms in total. The maximum absolute atomic E-state index is 0. The second-order valence-corrected chi connectivity index (χ2v) is 0. The van der Waals surface area contributed by atoms with Crippen molar-refractivity contribution in [2.75, 3.05) is 0 Å². The molecular weight excluding hydrogens is 98.8 g/mol. The molecule has 0 N–H and O–H groups in total. The third-order valence-electron chi connectivity index (χ3n) is 0. The van der Waals surface area contributed by atoms with Gasteiger partial charge in [-0.2, -0.15) is 0 Å². The second kappa shape index (κ2) is 69.5. The van der Waals surface area contributed by atoms with Gasteiger partial charge in [-0.1, -0.05) is 0 Å². The van der Waals surface area contributed by atoms with E-state index in [2.05, 4.69) is 0 Å². The summed E-state index contributed by atoms with van der Waals surface area (Å²) in [5.74, 6) is 0. The summed E-state index contributed by atoms with van der Waals surface area (Å²) >= 11 is 0. The molecule has 0 saturated heterocycles. The van der Waals surface area contributed by atoms with E-state index in [4.69, 9.17) is 0 Å². The molecule has 0 aliphatic heterocycles. The van der Waals surface area contributed by atoms with Gasteiger partial charge in [0.1, 0.15) is 0 Å². The fourth-order valence-corrected chi connectivity index (χ4v) is 0. The molecule has 0 atom stereocenters. The molecule has 0 heterocycles. The summed E-state index contributed by atoms with van der Waals surface area (Å²) in [6.07, 6.45) is 0. The Bertz CT molecular complexity index is 6.85. The van der Waals surface area contributed by atoms with Crippen LogP contribution >= 0.6 is 0 Å². The van der Waals surface area contributed by atoms with E-state index in [1.807, 2.05) is 0 Å². The van der Waals surface area contributed by atoms with Crippen LogP contribution in [0.25, 0.3) is 0 Å². The van der Waals surface area contributed by atoms with E-state index in [0.29, 0.717) is 0 Å². The quantitative estimate of drug-likeness (QED) is 0.257. The Labute approximate surface area is 58.4 Å². The smallest absolute Gasteiger partial charge is 0.358 e. The van der Waals surface area contributed by atoms with E-state index in [1.54, 1.807) is 0 Å². The minimum atomic E-state index is 0. The van der Waals surface area contributed by atoms with Crippen molar-refractivity contribution < 1.29 is 35.9 Å². The summed E-state index contributed by atoms with van der Waals surface area (Å²) in [4.78, 5) is 0. The SMILES string of the molecule is [CH3-].[CH3-].[CH3-].[Fe+2].[Li+]. The van der Waals surface area contributed by atoms with Gasteiger partial charge in [0.15, 0.2) is 0 Å². The van der Waals surface area contributed by atoms with Crippen LogP contribution in [0.5, 0.6) is 0 Å². The molecule has 0 aromatic heterocycles. The van der Waals surface area contributed by atoms with Crippen LogP contribution in [0.15, 0.2) is 0 Å². The molecule has 0 saturated carbocycles. The van der Waals surface area contributed by atoms with Crippen LogP contribution in [-0.4, -0.2) is 0 Å². The Morgan fingerprint density at radius 2 is 0.600 bits per heavy atom. The zero-order valence-electron chi connectivity index (χ0n) is 4.35. The van der Waals surface area contributed by atoms with Crippen molar-refractivity contribution >= 4 is 0 Å². The van der Waals surface area contributed by atoms with Crippen LogP contribution in [0.3, 0.4) is 0 Å². The van der Waals surface area contributed by atoms with Gasteiger partial charge < -0.3 is 22.3 Å². The molecule has 0 aliphatic carbocycles. The molecule has 0 spiro atoms. The predicted molar refractivity (Wildman–Crippen MR) is 19.2 cm³/mol. The largest absolute Gasteiger partial charge is 2.00 e.